The van der Waals surface area contributed by atoms with Crippen LogP contribution in [-0.2, 0) is 17.9 Å². The summed E-state index contributed by atoms with van der Waals surface area (Å²) in [6.45, 7) is 2.52. The fourth-order valence-electron chi connectivity index (χ4n) is 4.28. The van der Waals surface area contributed by atoms with Gasteiger partial charge >= 0.3 is 0 Å². The monoisotopic (exact) mass is 379 g/mol. The van der Waals surface area contributed by atoms with E-state index < -0.39 is 0 Å². The van der Waals surface area contributed by atoms with Gasteiger partial charge in [0.1, 0.15) is 12.4 Å². The van der Waals surface area contributed by atoms with E-state index in [2.05, 4.69) is 20.8 Å². The smallest absolute Gasteiger partial charge is 0.274 e. The highest BCUT2D eigenvalue weighted by Crippen LogP contribution is 2.33. The number of nitrogens with one attached hydrogen (secondary N) is 1. The minimum absolute atomic E-state index is 0.0151. The molecule has 146 valence electrons. The number of carbonyl (C=O) groups excluding carboxylic acids is 1. The third kappa shape index (κ3) is 3.25. The van der Waals surface area contributed by atoms with Crippen molar-refractivity contribution < 1.29 is 4.79 Å². The SMILES string of the molecule is O=C(Cn1[nH]c2ccccc2c1=O)N1CCC[C@H](c2nccn2CC2CC2)C1. The van der Waals surface area contributed by atoms with E-state index in [1.54, 1.807) is 6.07 Å². The van der Waals surface area contributed by atoms with Crippen LogP contribution in [0, 0.1) is 5.92 Å². The number of fused-ring (bicyclic) bond motifs is 1. The number of rotatable bonds is 5. The van der Waals surface area contributed by atoms with Gasteiger partial charge in [-0.15, -0.1) is 0 Å². The summed E-state index contributed by atoms with van der Waals surface area (Å²) in [7, 11) is 0. The average Bonchev–Trinajstić information content (AvgIpc) is 3.32. The van der Waals surface area contributed by atoms with Crippen LogP contribution >= 0.6 is 0 Å². The van der Waals surface area contributed by atoms with E-state index in [0.717, 1.165) is 43.2 Å². The number of aromatic amines is 1. The lowest BCUT2D eigenvalue weighted by Gasteiger charge is -2.32. The van der Waals surface area contributed by atoms with E-state index in [9.17, 15) is 9.59 Å². The number of nitrogens with zero attached hydrogens (tertiary/aromatic N) is 4. The maximum absolute atomic E-state index is 12.9. The highest BCUT2D eigenvalue weighted by atomic mass is 16.2. The van der Waals surface area contributed by atoms with Crippen LogP contribution in [0.3, 0.4) is 0 Å². The third-order valence-electron chi connectivity index (χ3n) is 5.99. The van der Waals surface area contributed by atoms with Crippen molar-refractivity contribution in [1.29, 1.82) is 0 Å². The Balaban J connectivity index is 1.30. The van der Waals surface area contributed by atoms with Crippen LogP contribution in [0.25, 0.3) is 10.9 Å². The molecule has 1 atom stereocenters. The van der Waals surface area contributed by atoms with E-state index in [0.29, 0.717) is 11.9 Å². The molecule has 7 nitrogen and oxygen atoms in total. The molecule has 0 radical (unpaired) electrons. The van der Waals surface area contributed by atoms with E-state index in [1.807, 2.05) is 29.3 Å². The molecular formula is C21H25N5O2. The molecule has 1 N–H and O–H groups in total. The van der Waals surface area contributed by atoms with Gasteiger partial charge in [0.2, 0.25) is 5.91 Å². The first kappa shape index (κ1) is 17.3. The van der Waals surface area contributed by atoms with E-state index >= 15 is 0 Å². The van der Waals surface area contributed by atoms with Crippen LogP contribution in [0.5, 0.6) is 0 Å². The van der Waals surface area contributed by atoms with Gasteiger partial charge in [-0.1, -0.05) is 12.1 Å². The Morgan fingerprint density at radius 1 is 1.21 bits per heavy atom. The first-order valence-corrected chi connectivity index (χ1v) is 10.2. The first-order valence-electron chi connectivity index (χ1n) is 10.2. The maximum atomic E-state index is 12.9. The molecule has 5 rings (SSSR count). The Hall–Kier alpha value is -2.83. The Morgan fingerprint density at radius 3 is 2.89 bits per heavy atom. The first-order chi connectivity index (χ1) is 13.7. The summed E-state index contributed by atoms with van der Waals surface area (Å²) >= 11 is 0. The van der Waals surface area contributed by atoms with Crippen LogP contribution in [0.2, 0.25) is 0 Å². The van der Waals surface area contributed by atoms with Crippen molar-refractivity contribution in [3.63, 3.8) is 0 Å². The molecular weight excluding hydrogens is 354 g/mol. The summed E-state index contributed by atoms with van der Waals surface area (Å²) in [6, 6.07) is 7.35. The number of likely N-dealkylation sites (tertiary alicyclic amines) is 1. The second-order valence-corrected chi connectivity index (χ2v) is 8.11. The summed E-state index contributed by atoms with van der Waals surface area (Å²) in [6.07, 6.45) is 8.59. The second-order valence-electron chi connectivity index (χ2n) is 8.11. The molecule has 3 heterocycles. The van der Waals surface area contributed by atoms with Gasteiger partial charge in [-0.2, -0.15) is 0 Å². The summed E-state index contributed by atoms with van der Waals surface area (Å²) in [5, 5.41) is 3.67. The van der Waals surface area contributed by atoms with Crippen molar-refractivity contribution in [2.75, 3.05) is 13.1 Å². The fourth-order valence-corrected chi connectivity index (χ4v) is 4.28. The third-order valence-corrected chi connectivity index (χ3v) is 5.99. The number of amides is 1. The molecule has 2 aliphatic rings. The molecule has 2 fully saturated rings. The molecule has 7 heteroatoms. The number of aromatic nitrogens is 4. The van der Waals surface area contributed by atoms with Gasteiger partial charge in [0.25, 0.3) is 5.56 Å². The van der Waals surface area contributed by atoms with Gasteiger partial charge in [-0.25, -0.2) is 9.67 Å². The normalized spacial score (nSPS) is 20.0. The molecule has 1 aliphatic heterocycles. The van der Waals surface area contributed by atoms with Gasteiger partial charge < -0.3 is 9.47 Å². The van der Waals surface area contributed by atoms with Crippen molar-refractivity contribution >= 4 is 16.8 Å². The zero-order chi connectivity index (χ0) is 19.1. The molecule has 1 saturated heterocycles. The van der Waals surface area contributed by atoms with Crippen molar-refractivity contribution in [1.82, 2.24) is 24.2 Å². The minimum Gasteiger partial charge on any atom is -0.340 e. The molecule has 1 amide bonds. The predicted molar refractivity (Wildman–Crippen MR) is 106 cm³/mol. The molecule has 1 aliphatic carbocycles. The zero-order valence-electron chi connectivity index (χ0n) is 15.9. The fraction of sp³-hybridized carbons (Fsp3) is 0.476. The molecule has 0 bridgehead atoms. The molecule has 0 spiro atoms. The molecule has 0 unspecified atom stereocenters. The Morgan fingerprint density at radius 2 is 2.07 bits per heavy atom. The summed E-state index contributed by atoms with van der Waals surface area (Å²) in [5.74, 6) is 2.15. The number of hydrogen-bond acceptors (Lipinski definition) is 3. The number of para-hydroxylation sites is 1. The molecule has 1 saturated carbocycles. The summed E-state index contributed by atoms with van der Waals surface area (Å²) in [5.41, 5.74) is 0.622. The maximum Gasteiger partial charge on any atom is 0.274 e. The Labute approximate surface area is 163 Å². The van der Waals surface area contributed by atoms with Crippen molar-refractivity contribution in [3.05, 3.63) is 52.8 Å². The lowest BCUT2D eigenvalue weighted by Crippen LogP contribution is -2.42. The quantitative estimate of drug-likeness (QED) is 0.739. The number of carbonyl (C=O) groups is 1. The number of hydrogen-bond donors (Lipinski definition) is 1. The molecule has 28 heavy (non-hydrogen) atoms. The van der Waals surface area contributed by atoms with Gasteiger partial charge in [-0.05, 0) is 43.7 Å². The van der Waals surface area contributed by atoms with Gasteiger partial charge in [0, 0.05) is 37.9 Å². The van der Waals surface area contributed by atoms with Crippen LogP contribution in [-0.4, -0.2) is 43.2 Å². The molecule has 3 aromatic rings. The summed E-state index contributed by atoms with van der Waals surface area (Å²) in [4.78, 5) is 31.9. The highest BCUT2D eigenvalue weighted by molar-refractivity contribution is 5.79. The van der Waals surface area contributed by atoms with E-state index in [1.165, 1.54) is 17.5 Å². The predicted octanol–water partition coefficient (Wildman–Crippen LogP) is 2.34. The lowest BCUT2D eigenvalue weighted by molar-refractivity contribution is -0.133. The number of benzene rings is 1. The van der Waals surface area contributed by atoms with Gasteiger partial charge in [0.15, 0.2) is 0 Å². The van der Waals surface area contributed by atoms with Crippen molar-refractivity contribution in [2.45, 2.75) is 44.7 Å². The second kappa shape index (κ2) is 6.96. The van der Waals surface area contributed by atoms with Gasteiger partial charge in [-0.3, -0.25) is 14.7 Å². The van der Waals surface area contributed by atoms with Crippen molar-refractivity contribution in [3.8, 4) is 0 Å². The number of piperidine rings is 1. The van der Waals surface area contributed by atoms with Crippen molar-refractivity contribution in [2.24, 2.45) is 5.92 Å². The van der Waals surface area contributed by atoms with Crippen LogP contribution < -0.4 is 5.56 Å². The standard InChI is InChI=1S/C21H25N5O2/c27-19(14-26-21(28)17-5-1-2-6-18(17)23-26)24-10-3-4-16(13-24)20-22-9-11-25(20)12-15-7-8-15/h1-2,5-6,9,11,15-16,23H,3-4,7-8,10,12-14H2/t16-/m0/s1. The Kier molecular flexibility index (Phi) is 4.30. The van der Waals surface area contributed by atoms with Crippen LogP contribution in [0.4, 0.5) is 0 Å². The zero-order valence-corrected chi connectivity index (χ0v) is 15.9. The highest BCUT2D eigenvalue weighted by Gasteiger charge is 2.29. The minimum atomic E-state index is -0.141. The molecule has 2 aromatic heterocycles. The van der Waals surface area contributed by atoms with E-state index in [4.69, 9.17) is 0 Å². The van der Waals surface area contributed by atoms with Crippen LogP contribution in [0.1, 0.15) is 37.4 Å². The lowest BCUT2D eigenvalue weighted by atomic mass is 9.97. The number of H-pyrrole nitrogens is 1. The van der Waals surface area contributed by atoms with E-state index in [-0.39, 0.29) is 23.9 Å². The average molecular weight is 379 g/mol. The topological polar surface area (TPSA) is 75.9 Å². The summed E-state index contributed by atoms with van der Waals surface area (Å²) < 4.78 is 3.70. The van der Waals surface area contributed by atoms with Gasteiger partial charge in [0.05, 0.1) is 10.9 Å². The largest absolute Gasteiger partial charge is 0.340 e. The number of imidazole rings is 1. The van der Waals surface area contributed by atoms with Crippen LogP contribution in [0.15, 0.2) is 41.5 Å². The Bertz CT molecular complexity index is 1060. The molecule has 1 aromatic carbocycles.